The summed E-state index contributed by atoms with van der Waals surface area (Å²) < 4.78 is 1.96. The zero-order valence-corrected chi connectivity index (χ0v) is 10.6. The van der Waals surface area contributed by atoms with Crippen LogP contribution in [0, 0.1) is 0 Å². The van der Waals surface area contributed by atoms with Crippen LogP contribution in [-0.4, -0.2) is 11.1 Å². The highest BCUT2D eigenvalue weighted by atomic mass is 16.4. The molecule has 0 saturated carbocycles. The Labute approximate surface area is 103 Å². The molecule has 0 aliphatic rings. The molecule has 17 heavy (non-hydrogen) atoms. The number of unbranched alkanes of at least 4 members (excludes halogenated alkanes) is 5. The normalized spacial score (nSPS) is 10.4. The van der Waals surface area contributed by atoms with Gasteiger partial charge in [-0.15, -0.1) is 0 Å². The molecule has 0 saturated heterocycles. The number of hydrogen-bond donors (Lipinski definition) is 1. The number of carboxylic acids is 1. The van der Waals surface area contributed by atoms with E-state index in [-0.39, 0.29) is 0 Å². The topological polar surface area (TPSA) is 41.2 Å². The molecule has 0 atom stereocenters. The highest BCUT2D eigenvalue weighted by molar-refractivity contribution is 5.86. The molecule has 3 heteroatoms. The van der Waals surface area contributed by atoms with E-state index in [9.17, 15) is 4.79 Å². The first-order valence-corrected chi connectivity index (χ1v) is 6.46. The van der Waals surface area contributed by atoms with Crippen LogP contribution >= 0.6 is 0 Å². The number of rotatable bonds is 8. The summed E-state index contributed by atoms with van der Waals surface area (Å²) in [5.74, 6) is -0.859. The lowest BCUT2D eigenvalue weighted by Gasteiger charge is -1.99. The smallest absolute Gasteiger partial charge is 0.341 e. The maximum absolute atomic E-state index is 10.8. The van der Waals surface area contributed by atoms with E-state index in [0.29, 0.717) is 5.56 Å². The molecule has 1 N–H and O–H groups in total. The molecule has 0 amide bonds. The van der Waals surface area contributed by atoms with Gasteiger partial charge in [-0.05, 0) is 12.5 Å². The van der Waals surface area contributed by atoms with Gasteiger partial charge in [-0.2, -0.15) is 0 Å². The zero-order valence-electron chi connectivity index (χ0n) is 10.6. The summed E-state index contributed by atoms with van der Waals surface area (Å²) in [7, 11) is 0. The zero-order chi connectivity index (χ0) is 12.5. The predicted molar refractivity (Wildman–Crippen MR) is 67.0 cm³/mol. The molecule has 0 aliphatic heterocycles. The van der Waals surface area contributed by atoms with Gasteiger partial charge in [0.1, 0.15) is 12.1 Å². The summed E-state index contributed by atoms with van der Waals surface area (Å²) in [5, 5.41) is 8.86. The van der Waals surface area contributed by atoms with Crippen molar-refractivity contribution in [3.63, 3.8) is 0 Å². The minimum absolute atomic E-state index is 0.360. The number of aromatic carboxylic acids is 1. The van der Waals surface area contributed by atoms with Gasteiger partial charge in [0.05, 0.1) is 0 Å². The third kappa shape index (κ3) is 5.48. The molecule has 0 unspecified atom stereocenters. The van der Waals surface area contributed by atoms with Crippen molar-refractivity contribution in [3.8, 4) is 0 Å². The molecule has 0 aliphatic carbocycles. The van der Waals surface area contributed by atoms with Gasteiger partial charge in [-0.3, -0.25) is 0 Å². The highest BCUT2D eigenvalue weighted by Gasteiger charge is 2.07. The lowest BCUT2D eigenvalue weighted by atomic mass is 10.1. The average Bonchev–Trinajstić information content (AvgIpc) is 2.34. The molecule has 1 rings (SSSR count). The maximum atomic E-state index is 10.8. The molecule has 0 radical (unpaired) electrons. The Hall–Kier alpha value is -1.38. The molecular formula is C14H22NO2+. The van der Waals surface area contributed by atoms with Gasteiger partial charge in [-0.1, -0.05) is 32.6 Å². The molecule has 0 fully saturated rings. The van der Waals surface area contributed by atoms with E-state index in [1.54, 1.807) is 18.3 Å². The summed E-state index contributed by atoms with van der Waals surface area (Å²) in [6.45, 7) is 3.13. The van der Waals surface area contributed by atoms with Crippen LogP contribution in [0.5, 0.6) is 0 Å². The second-order valence-corrected chi connectivity index (χ2v) is 4.40. The average molecular weight is 236 g/mol. The van der Waals surface area contributed by atoms with E-state index >= 15 is 0 Å². The van der Waals surface area contributed by atoms with E-state index in [2.05, 4.69) is 6.92 Å². The van der Waals surface area contributed by atoms with Crippen molar-refractivity contribution < 1.29 is 14.5 Å². The van der Waals surface area contributed by atoms with Crippen molar-refractivity contribution in [1.29, 1.82) is 0 Å². The predicted octanol–water partition coefficient (Wildman–Crippen LogP) is 3.03. The number of hydrogen-bond acceptors (Lipinski definition) is 1. The number of pyridine rings is 1. The van der Waals surface area contributed by atoms with Crippen LogP contribution in [0.1, 0.15) is 55.8 Å². The highest BCUT2D eigenvalue weighted by Crippen LogP contribution is 2.04. The fourth-order valence-electron chi connectivity index (χ4n) is 1.86. The molecule has 0 aromatic carbocycles. The van der Waals surface area contributed by atoms with Gasteiger partial charge < -0.3 is 5.11 Å². The van der Waals surface area contributed by atoms with Gasteiger partial charge in [-0.25, -0.2) is 9.36 Å². The summed E-state index contributed by atoms with van der Waals surface area (Å²) >= 11 is 0. The van der Waals surface area contributed by atoms with Crippen molar-refractivity contribution in [1.82, 2.24) is 0 Å². The molecule has 94 valence electrons. The Morgan fingerprint density at radius 3 is 2.65 bits per heavy atom. The molecular weight excluding hydrogens is 214 g/mol. The number of carbonyl (C=O) groups is 1. The Balaban J connectivity index is 2.27. The van der Waals surface area contributed by atoms with Crippen molar-refractivity contribution in [3.05, 3.63) is 30.1 Å². The third-order valence-electron chi connectivity index (χ3n) is 2.88. The number of carboxylic acid groups (broad SMARTS) is 1. The fraction of sp³-hybridized carbons (Fsp3) is 0.571. The second kappa shape index (κ2) is 7.82. The Kier molecular flexibility index (Phi) is 6.30. The van der Waals surface area contributed by atoms with Crippen LogP contribution in [0.15, 0.2) is 24.5 Å². The van der Waals surface area contributed by atoms with Crippen LogP contribution in [0.4, 0.5) is 0 Å². The lowest BCUT2D eigenvalue weighted by molar-refractivity contribution is -0.697. The molecule has 3 nitrogen and oxygen atoms in total. The number of aromatic nitrogens is 1. The van der Waals surface area contributed by atoms with Crippen molar-refractivity contribution in [2.24, 2.45) is 0 Å². The van der Waals surface area contributed by atoms with Gasteiger partial charge in [0.2, 0.25) is 0 Å². The van der Waals surface area contributed by atoms with Crippen LogP contribution in [0.3, 0.4) is 0 Å². The van der Waals surface area contributed by atoms with E-state index in [1.165, 1.54) is 32.1 Å². The van der Waals surface area contributed by atoms with E-state index in [4.69, 9.17) is 5.11 Å². The first kappa shape index (κ1) is 13.7. The molecule has 1 aromatic heterocycles. The monoisotopic (exact) mass is 236 g/mol. The molecule has 0 bridgehead atoms. The maximum Gasteiger partial charge on any atom is 0.341 e. The van der Waals surface area contributed by atoms with Crippen LogP contribution < -0.4 is 4.57 Å². The number of aryl methyl sites for hydroxylation is 1. The fourth-order valence-corrected chi connectivity index (χ4v) is 1.86. The molecule has 1 heterocycles. The summed E-state index contributed by atoms with van der Waals surface area (Å²) in [6.07, 6.45) is 11.2. The van der Waals surface area contributed by atoms with Gasteiger partial charge >= 0.3 is 5.97 Å². The van der Waals surface area contributed by atoms with E-state index < -0.39 is 5.97 Å². The Morgan fingerprint density at radius 2 is 1.94 bits per heavy atom. The lowest BCUT2D eigenvalue weighted by Crippen LogP contribution is -2.33. The Morgan fingerprint density at radius 1 is 1.24 bits per heavy atom. The van der Waals surface area contributed by atoms with Crippen LogP contribution in [0.25, 0.3) is 0 Å². The standard InChI is InChI=1S/C14H21NO2/c1-2-3-4-5-6-7-10-15-11-8-9-13(12-15)14(16)17/h8-9,11-12H,2-7,10H2,1H3/p+1. The first-order chi connectivity index (χ1) is 8.24. The van der Waals surface area contributed by atoms with Crippen molar-refractivity contribution in [2.75, 3.05) is 0 Å². The van der Waals surface area contributed by atoms with Gasteiger partial charge in [0.15, 0.2) is 12.4 Å². The van der Waals surface area contributed by atoms with Crippen molar-refractivity contribution in [2.45, 2.75) is 52.0 Å². The van der Waals surface area contributed by atoms with Crippen molar-refractivity contribution >= 4 is 5.97 Å². The SMILES string of the molecule is CCCCCCCC[n+]1cccc(C(=O)O)c1. The molecule has 0 spiro atoms. The van der Waals surface area contributed by atoms with Crippen LogP contribution in [-0.2, 0) is 6.54 Å². The minimum Gasteiger partial charge on any atom is -0.477 e. The quantitative estimate of drug-likeness (QED) is 0.557. The first-order valence-electron chi connectivity index (χ1n) is 6.46. The van der Waals surface area contributed by atoms with Crippen LogP contribution in [0.2, 0.25) is 0 Å². The van der Waals surface area contributed by atoms with Gasteiger partial charge in [0.25, 0.3) is 0 Å². The largest absolute Gasteiger partial charge is 0.477 e. The minimum atomic E-state index is -0.859. The van der Waals surface area contributed by atoms with E-state index in [1.807, 2.05) is 10.8 Å². The third-order valence-corrected chi connectivity index (χ3v) is 2.88. The molecule has 1 aromatic rings. The van der Waals surface area contributed by atoms with E-state index in [0.717, 1.165) is 13.0 Å². The van der Waals surface area contributed by atoms with Gasteiger partial charge in [0, 0.05) is 12.5 Å². The Bertz CT molecular complexity index is 350. The summed E-state index contributed by atoms with van der Waals surface area (Å²) in [6, 6.07) is 3.42. The summed E-state index contributed by atoms with van der Waals surface area (Å²) in [5.41, 5.74) is 0.360. The second-order valence-electron chi connectivity index (χ2n) is 4.40. The number of nitrogens with zero attached hydrogens (tertiary/aromatic N) is 1. The summed E-state index contributed by atoms with van der Waals surface area (Å²) in [4.78, 5) is 10.8.